The third-order valence-electron chi connectivity index (χ3n) is 6.29. The topological polar surface area (TPSA) is 79.5 Å². The van der Waals surface area contributed by atoms with Crippen molar-refractivity contribution in [3.8, 4) is 0 Å². The molecule has 0 aromatic carbocycles. The maximum absolute atomic E-state index is 11.3. The molecule has 0 saturated heterocycles. The minimum atomic E-state index is -0.0559. The highest BCUT2D eigenvalue weighted by atomic mass is 16.5. The Kier molecular flexibility index (Phi) is 12.2. The van der Waals surface area contributed by atoms with Crippen LogP contribution in [0, 0.1) is 0 Å². The molecule has 0 spiro atoms. The van der Waals surface area contributed by atoms with Crippen molar-refractivity contribution in [3.63, 3.8) is 0 Å². The summed E-state index contributed by atoms with van der Waals surface area (Å²) in [4.78, 5) is 22.9. The van der Waals surface area contributed by atoms with Gasteiger partial charge in [0.05, 0.1) is 24.6 Å². The molecule has 0 fully saturated rings. The standard InChI is InChI=1S/C30H43N3O3/c1-3-21-36-29-23-27(26-16-14-20-31-26)33-28(29)22-25-19-18-24(32-25)15-12-10-8-6-5-7-9-11-13-17-30(34)35-4-2/h14,16,18-20,22-23,31-32H,3-13,15,17,21H2,1-2H3. The highest BCUT2D eigenvalue weighted by Crippen LogP contribution is 2.25. The minimum Gasteiger partial charge on any atom is -0.491 e. The third kappa shape index (κ3) is 9.56. The van der Waals surface area contributed by atoms with E-state index < -0.39 is 0 Å². The van der Waals surface area contributed by atoms with E-state index in [1.54, 1.807) is 0 Å². The van der Waals surface area contributed by atoms with Crippen molar-refractivity contribution in [2.75, 3.05) is 13.2 Å². The van der Waals surface area contributed by atoms with Crippen molar-refractivity contribution in [2.45, 2.75) is 90.9 Å². The van der Waals surface area contributed by atoms with Gasteiger partial charge >= 0.3 is 5.97 Å². The second kappa shape index (κ2) is 15.9. The molecule has 36 heavy (non-hydrogen) atoms. The molecular weight excluding hydrogens is 450 g/mol. The predicted octanol–water partition coefficient (Wildman–Crippen LogP) is 7.50. The molecule has 0 saturated carbocycles. The van der Waals surface area contributed by atoms with Crippen LogP contribution in [0.15, 0.2) is 53.0 Å². The Bertz CT molecular complexity index is 999. The van der Waals surface area contributed by atoms with Crippen molar-refractivity contribution in [3.05, 3.63) is 65.1 Å². The second-order valence-electron chi connectivity index (χ2n) is 9.39. The van der Waals surface area contributed by atoms with E-state index in [-0.39, 0.29) is 5.97 Å². The first kappa shape index (κ1) is 27.6. The van der Waals surface area contributed by atoms with Crippen molar-refractivity contribution >= 4 is 17.8 Å². The summed E-state index contributed by atoms with van der Waals surface area (Å²) in [6.07, 6.45) is 19.5. The molecule has 0 amide bonds. The number of allylic oxidation sites excluding steroid dienone is 1. The van der Waals surface area contributed by atoms with Crippen LogP contribution in [0.4, 0.5) is 0 Å². The van der Waals surface area contributed by atoms with Crippen LogP contribution in [0.25, 0.3) is 6.08 Å². The largest absolute Gasteiger partial charge is 0.491 e. The van der Waals surface area contributed by atoms with E-state index in [0.717, 1.165) is 54.2 Å². The number of aryl methyl sites for hydroxylation is 1. The van der Waals surface area contributed by atoms with Crippen molar-refractivity contribution in [2.24, 2.45) is 4.99 Å². The number of ether oxygens (including phenoxy) is 2. The fourth-order valence-electron chi connectivity index (χ4n) is 4.37. The second-order valence-corrected chi connectivity index (χ2v) is 9.39. The van der Waals surface area contributed by atoms with Gasteiger partial charge in [-0.05, 0) is 62.9 Å². The Balaban J connectivity index is 1.33. The zero-order valence-electron chi connectivity index (χ0n) is 22.1. The van der Waals surface area contributed by atoms with Gasteiger partial charge in [0.15, 0.2) is 0 Å². The van der Waals surface area contributed by atoms with Gasteiger partial charge in [-0.3, -0.25) is 4.79 Å². The van der Waals surface area contributed by atoms with Crippen LogP contribution >= 0.6 is 0 Å². The molecule has 3 rings (SSSR count). The smallest absolute Gasteiger partial charge is 0.305 e. The SMILES string of the molecule is CCCOC1=CC(c2ccc[nH]2)=NC1=Cc1ccc(CCCCCCCCCCCC(=O)OCC)[nH]1. The summed E-state index contributed by atoms with van der Waals surface area (Å²) in [5, 5.41) is 0. The van der Waals surface area contributed by atoms with Crippen LogP contribution in [-0.4, -0.2) is 34.9 Å². The summed E-state index contributed by atoms with van der Waals surface area (Å²) in [7, 11) is 0. The number of hydrogen-bond acceptors (Lipinski definition) is 4. The molecular formula is C30H43N3O3. The summed E-state index contributed by atoms with van der Waals surface area (Å²) < 4.78 is 10.9. The fraction of sp³-hybridized carbons (Fsp3) is 0.533. The minimum absolute atomic E-state index is 0.0559. The van der Waals surface area contributed by atoms with Gasteiger partial charge in [-0.15, -0.1) is 0 Å². The van der Waals surface area contributed by atoms with Gasteiger partial charge < -0.3 is 19.4 Å². The molecule has 1 aliphatic rings. The summed E-state index contributed by atoms with van der Waals surface area (Å²) >= 11 is 0. The number of nitrogens with zero attached hydrogens (tertiary/aromatic N) is 1. The lowest BCUT2D eigenvalue weighted by Crippen LogP contribution is -2.03. The number of carbonyl (C=O) groups is 1. The summed E-state index contributed by atoms with van der Waals surface area (Å²) in [5.74, 6) is 0.774. The molecule has 6 heteroatoms. The highest BCUT2D eigenvalue weighted by molar-refractivity contribution is 6.11. The van der Waals surface area contributed by atoms with E-state index >= 15 is 0 Å². The average Bonchev–Trinajstić information content (AvgIpc) is 3.63. The van der Waals surface area contributed by atoms with Crippen LogP contribution in [0.1, 0.15) is 102 Å². The molecule has 0 aliphatic carbocycles. The number of H-pyrrole nitrogens is 2. The van der Waals surface area contributed by atoms with Crippen molar-refractivity contribution < 1.29 is 14.3 Å². The number of aliphatic imine (C=N–C) groups is 1. The number of rotatable bonds is 18. The van der Waals surface area contributed by atoms with Crippen molar-refractivity contribution in [1.29, 1.82) is 0 Å². The first-order valence-electron chi connectivity index (χ1n) is 13.8. The maximum atomic E-state index is 11.3. The van der Waals surface area contributed by atoms with Crippen LogP contribution in [0.2, 0.25) is 0 Å². The molecule has 0 atom stereocenters. The van der Waals surface area contributed by atoms with E-state index in [1.807, 2.05) is 31.3 Å². The van der Waals surface area contributed by atoms with Gasteiger partial charge in [-0.2, -0.15) is 0 Å². The number of unbranched alkanes of at least 4 members (excludes halogenated alkanes) is 8. The molecule has 3 heterocycles. The summed E-state index contributed by atoms with van der Waals surface area (Å²) in [6, 6.07) is 8.32. The lowest BCUT2D eigenvalue weighted by atomic mass is 10.1. The van der Waals surface area contributed by atoms with Crippen LogP contribution in [0.5, 0.6) is 0 Å². The Hall–Kier alpha value is -3.02. The van der Waals surface area contributed by atoms with E-state index in [1.165, 1.54) is 50.6 Å². The summed E-state index contributed by atoms with van der Waals surface area (Å²) in [5.41, 5.74) is 5.10. The quantitative estimate of drug-likeness (QED) is 0.167. The fourth-order valence-corrected chi connectivity index (χ4v) is 4.37. The third-order valence-corrected chi connectivity index (χ3v) is 6.29. The number of hydrogen-bond donors (Lipinski definition) is 2. The zero-order valence-corrected chi connectivity index (χ0v) is 22.1. The zero-order chi connectivity index (χ0) is 25.4. The number of carbonyl (C=O) groups excluding carboxylic acids is 1. The Morgan fingerprint density at radius 2 is 1.72 bits per heavy atom. The van der Waals surface area contributed by atoms with Gasteiger partial charge in [-0.25, -0.2) is 4.99 Å². The summed E-state index contributed by atoms with van der Waals surface area (Å²) in [6.45, 7) is 5.14. The molecule has 0 radical (unpaired) electrons. The number of esters is 1. The van der Waals surface area contributed by atoms with Gasteiger partial charge in [0.25, 0.3) is 0 Å². The van der Waals surface area contributed by atoms with Gasteiger partial charge in [0, 0.05) is 30.1 Å². The lowest BCUT2D eigenvalue weighted by Gasteiger charge is -2.05. The molecule has 6 nitrogen and oxygen atoms in total. The average molecular weight is 494 g/mol. The highest BCUT2D eigenvalue weighted by Gasteiger charge is 2.18. The van der Waals surface area contributed by atoms with Crippen molar-refractivity contribution in [1.82, 2.24) is 9.97 Å². The predicted molar refractivity (Wildman–Crippen MR) is 147 cm³/mol. The van der Waals surface area contributed by atoms with Crippen LogP contribution in [-0.2, 0) is 20.7 Å². The van der Waals surface area contributed by atoms with Gasteiger partial charge in [0.1, 0.15) is 11.5 Å². The van der Waals surface area contributed by atoms with E-state index in [2.05, 4.69) is 35.1 Å². The molecule has 1 aliphatic heterocycles. The van der Waals surface area contributed by atoms with E-state index in [9.17, 15) is 4.79 Å². The molecule has 0 unspecified atom stereocenters. The van der Waals surface area contributed by atoms with Gasteiger partial charge in [0.2, 0.25) is 0 Å². The molecule has 196 valence electrons. The molecule has 2 aromatic heterocycles. The maximum Gasteiger partial charge on any atom is 0.305 e. The first-order valence-corrected chi connectivity index (χ1v) is 13.8. The first-order chi connectivity index (χ1) is 17.7. The van der Waals surface area contributed by atoms with Gasteiger partial charge in [-0.1, -0.05) is 51.9 Å². The number of aromatic amines is 2. The Labute approximate surface area is 216 Å². The number of nitrogens with one attached hydrogen (secondary N) is 2. The number of aromatic nitrogens is 2. The molecule has 2 N–H and O–H groups in total. The Morgan fingerprint density at radius 1 is 0.972 bits per heavy atom. The normalized spacial score (nSPS) is 14.2. The van der Waals surface area contributed by atoms with Crippen LogP contribution in [0.3, 0.4) is 0 Å². The van der Waals surface area contributed by atoms with E-state index in [4.69, 9.17) is 14.5 Å². The van der Waals surface area contributed by atoms with Crippen LogP contribution < -0.4 is 0 Å². The molecule has 2 aromatic rings. The Morgan fingerprint density at radius 3 is 2.42 bits per heavy atom. The lowest BCUT2D eigenvalue weighted by molar-refractivity contribution is -0.143. The van der Waals surface area contributed by atoms with E-state index in [0.29, 0.717) is 19.6 Å². The monoisotopic (exact) mass is 493 g/mol. The molecule has 0 bridgehead atoms.